The van der Waals surface area contributed by atoms with E-state index in [1.807, 2.05) is 29.4 Å². The monoisotopic (exact) mass is 474 g/mol. The number of aryl methyl sites for hydroxylation is 1. The van der Waals surface area contributed by atoms with Crippen molar-refractivity contribution in [2.45, 2.75) is 36.5 Å². The van der Waals surface area contributed by atoms with Gasteiger partial charge < -0.3 is 15.2 Å². The van der Waals surface area contributed by atoms with Crippen LogP contribution in [0.25, 0.3) is 0 Å². The molecule has 0 fully saturated rings. The third kappa shape index (κ3) is 9.10. The van der Waals surface area contributed by atoms with Crippen molar-refractivity contribution < 1.29 is 0 Å². The first-order chi connectivity index (χ1) is 11.8. The summed E-state index contributed by atoms with van der Waals surface area (Å²) in [4.78, 5) is 5.57. The minimum Gasteiger partial charge on any atom is -0.356 e. The zero-order valence-electron chi connectivity index (χ0n) is 14.8. The number of hydrogen-bond donors (Lipinski definition) is 2. The molecule has 1 aromatic heterocycles. The van der Waals surface area contributed by atoms with Gasteiger partial charge in [0.25, 0.3) is 0 Å². The molecule has 1 unspecified atom stereocenters. The molecule has 0 aliphatic heterocycles. The van der Waals surface area contributed by atoms with Crippen molar-refractivity contribution in [1.29, 1.82) is 0 Å². The van der Waals surface area contributed by atoms with Crippen LogP contribution >= 0.6 is 35.7 Å². The van der Waals surface area contributed by atoms with E-state index in [0.29, 0.717) is 5.25 Å². The molecule has 0 saturated heterocycles. The lowest BCUT2D eigenvalue weighted by Crippen LogP contribution is -2.40. The van der Waals surface area contributed by atoms with Crippen molar-refractivity contribution in [3.05, 3.63) is 43.0 Å². The molecule has 0 saturated carbocycles. The number of thioether (sulfide) groups is 1. The van der Waals surface area contributed by atoms with Crippen LogP contribution in [0.15, 0.2) is 52.9 Å². The highest BCUT2D eigenvalue weighted by Gasteiger charge is 2.05. The van der Waals surface area contributed by atoms with E-state index >= 15 is 0 Å². The molecule has 2 rings (SSSR count). The molecular weight excluding hydrogens is 447 g/mol. The van der Waals surface area contributed by atoms with Gasteiger partial charge in [0.1, 0.15) is 12.7 Å². The molecule has 0 radical (unpaired) electrons. The summed E-state index contributed by atoms with van der Waals surface area (Å²) in [6.07, 6.45) is 5.66. The minimum absolute atomic E-state index is 0. The molecule has 1 atom stereocenters. The molecule has 0 amide bonds. The molecule has 0 aliphatic rings. The van der Waals surface area contributed by atoms with E-state index in [2.05, 4.69) is 57.0 Å². The average molecular weight is 474 g/mol. The fourth-order valence-corrected chi connectivity index (χ4v) is 3.14. The first-order valence-electron chi connectivity index (χ1n) is 8.26. The highest BCUT2D eigenvalue weighted by molar-refractivity contribution is 14.0. The molecule has 138 valence electrons. The summed E-state index contributed by atoms with van der Waals surface area (Å²) in [5, 5.41) is 14.8. The molecule has 0 bridgehead atoms. The summed E-state index contributed by atoms with van der Waals surface area (Å²) in [6, 6.07) is 10.5. The SMILES string of the molecule is CN=C(NCCCCn1cnnc1)NCC(C)Sc1ccccc1.I. The molecule has 6 nitrogen and oxygen atoms in total. The van der Waals surface area contributed by atoms with E-state index in [1.54, 1.807) is 12.7 Å². The lowest BCUT2D eigenvalue weighted by molar-refractivity contribution is 0.597. The molecule has 8 heteroatoms. The van der Waals surface area contributed by atoms with Crippen LogP contribution in [0.1, 0.15) is 19.8 Å². The fraction of sp³-hybridized carbons (Fsp3) is 0.471. The predicted molar refractivity (Wildman–Crippen MR) is 116 cm³/mol. The third-order valence-corrected chi connectivity index (χ3v) is 4.58. The second-order valence-electron chi connectivity index (χ2n) is 5.53. The molecular formula is C17H27IN6S. The number of guanidine groups is 1. The molecule has 2 aromatic rings. The topological polar surface area (TPSA) is 67.1 Å². The Morgan fingerprint density at radius 1 is 1.16 bits per heavy atom. The lowest BCUT2D eigenvalue weighted by atomic mass is 10.3. The minimum atomic E-state index is 0. The summed E-state index contributed by atoms with van der Waals surface area (Å²) in [5.41, 5.74) is 0. The molecule has 1 aromatic carbocycles. The number of nitrogens with zero attached hydrogens (tertiary/aromatic N) is 4. The van der Waals surface area contributed by atoms with Crippen molar-refractivity contribution in [3.63, 3.8) is 0 Å². The van der Waals surface area contributed by atoms with E-state index in [9.17, 15) is 0 Å². The van der Waals surface area contributed by atoms with Crippen molar-refractivity contribution >= 4 is 41.7 Å². The van der Waals surface area contributed by atoms with Gasteiger partial charge in [-0.25, -0.2) is 0 Å². The third-order valence-electron chi connectivity index (χ3n) is 3.46. The quantitative estimate of drug-likeness (QED) is 0.192. The van der Waals surface area contributed by atoms with E-state index in [0.717, 1.165) is 38.4 Å². The number of benzene rings is 1. The molecule has 0 aliphatic carbocycles. The van der Waals surface area contributed by atoms with Crippen LogP contribution in [-0.4, -0.2) is 46.1 Å². The van der Waals surface area contributed by atoms with Gasteiger partial charge in [-0.2, -0.15) is 0 Å². The number of halogens is 1. The Labute approximate surface area is 171 Å². The van der Waals surface area contributed by atoms with Crippen LogP contribution in [0.5, 0.6) is 0 Å². The number of nitrogens with one attached hydrogen (secondary N) is 2. The number of hydrogen-bond acceptors (Lipinski definition) is 4. The average Bonchev–Trinajstić information content (AvgIpc) is 3.11. The smallest absolute Gasteiger partial charge is 0.191 e. The molecule has 0 spiro atoms. The molecule has 2 N–H and O–H groups in total. The Morgan fingerprint density at radius 3 is 2.56 bits per heavy atom. The van der Waals surface area contributed by atoms with Crippen LogP contribution in [-0.2, 0) is 6.54 Å². The van der Waals surface area contributed by atoms with Gasteiger partial charge in [-0.15, -0.1) is 45.9 Å². The highest BCUT2D eigenvalue weighted by Crippen LogP contribution is 2.21. The Hall–Kier alpha value is -1.29. The number of aliphatic imine (C=N–C) groups is 1. The summed E-state index contributed by atoms with van der Waals surface area (Å²) < 4.78 is 2.00. The van der Waals surface area contributed by atoms with Gasteiger partial charge in [-0.05, 0) is 25.0 Å². The lowest BCUT2D eigenvalue weighted by Gasteiger charge is -2.16. The Balaban J connectivity index is 0.00000312. The van der Waals surface area contributed by atoms with Gasteiger partial charge in [-0.3, -0.25) is 4.99 Å². The van der Waals surface area contributed by atoms with Crippen LogP contribution in [0.2, 0.25) is 0 Å². The van der Waals surface area contributed by atoms with Crippen LogP contribution in [0.3, 0.4) is 0 Å². The Morgan fingerprint density at radius 2 is 1.88 bits per heavy atom. The van der Waals surface area contributed by atoms with Crippen LogP contribution in [0.4, 0.5) is 0 Å². The van der Waals surface area contributed by atoms with Gasteiger partial charge in [0.15, 0.2) is 5.96 Å². The molecule has 1 heterocycles. The summed E-state index contributed by atoms with van der Waals surface area (Å²) in [7, 11) is 1.81. The standard InChI is InChI=1S/C17H26N6S.HI/c1-15(24-16-8-4-3-5-9-16)12-20-17(18-2)19-10-6-7-11-23-13-21-22-14-23;/h3-5,8-9,13-15H,6-7,10-12H2,1-2H3,(H2,18,19,20);1H. The van der Waals surface area contributed by atoms with Gasteiger partial charge >= 0.3 is 0 Å². The van der Waals surface area contributed by atoms with E-state index in [4.69, 9.17) is 0 Å². The normalized spacial score (nSPS) is 12.3. The van der Waals surface area contributed by atoms with E-state index in [1.165, 1.54) is 4.90 Å². The second kappa shape index (κ2) is 13.0. The fourth-order valence-electron chi connectivity index (χ4n) is 2.20. The van der Waals surface area contributed by atoms with Gasteiger partial charge in [0, 0.05) is 36.8 Å². The van der Waals surface area contributed by atoms with Crippen molar-refractivity contribution in [2.24, 2.45) is 4.99 Å². The Bertz CT molecular complexity index is 590. The summed E-state index contributed by atoms with van der Waals surface area (Å²) in [5.74, 6) is 0.861. The van der Waals surface area contributed by atoms with Gasteiger partial charge in [0.05, 0.1) is 0 Å². The first kappa shape index (κ1) is 21.8. The van der Waals surface area contributed by atoms with Gasteiger partial charge in [-0.1, -0.05) is 25.1 Å². The Kier molecular flexibility index (Phi) is 11.3. The summed E-state index contributed by atoms with van der Waals surface area (Å²) in [6.45, 7) is 4.95. The van der Waals surface area contributed by atoms with Crippen LogP contribution < -0.4 is 10.6 Å². The number of aromatic nitrogens is 3. The molecule has 25 heavy (non-hydrogen) atoms. The summed E-state index contributed by atoms with van der Waals surface area (Å²) >= 11 is 1.87. The maximum atomic E-state index is 4.27. The second-order valence-corrected chi connectivity index (χ2v) is 7.04. The van der Waals surface area contributed by atoms with Crippen LogP contribution in [0, 0.1) is 0 Å². The number of rotatable bonds is 9. The van der Waals surface area contributed by atoms with Crippen molar-refractivity contribution in [1.82, 2.24) is 25.4 Å². The number of unbranched alkanes of at least 4 members (excludes halogenated alkanes) is 1. The maximum Gasteiger partial charge on any atom is 0.191 e. The van der Waals surface area contributed by atoms with Gasteiger partial charge in [0.2, 0.25) is 0 Å². The van der Waals surface area contributed by atoms with E-state index in [-0.39, 0.29) is 24.0 Å². The zero-order valence-corrected chi connectivity index (χ0v) is 17.9. The zero-order chi connectivity index (χ0) is 17.0. The maximum absolute atomic E-state index is 4.27. The first-order valence-corrected chi connectivity index (χ1v) is 9.14. The van der Waals surface area contributed by atoms with E-state index < -0.39 is 0 Å². The largest absolute Gasteiger partial charge is 0.356 e. The van der Waals surface area contributed by atoms with Crippen molar-refractivity contribution in [2.75, 3.05) is 20.1 Å². The predicted octanol–water partition coefficient (Wildman–Crippen LogP) is 3.02. The van der Waals surface area contributed by atoms with Crippen molar-refractivity contribution in [3.8, 4) is 0 Å². The highest BCUT2D eigenvalue weighted by atomic mass is 127.